The Kier molecular flexibility index (Phi) is 1.69. The molecule has 0 aromatic carbocycles. The van der Waals surface area contributed by atoms with Crippen molar-refractivity contribution in [1.29, 1.82) is 0 Å². The van der Waals surface area contributed by atoms with Crippen LogP contribution in [0, 0.1) is 6.92 Å². The molecule has 0 bridgehead atoms. The summed E-state index contributed by atoms with van der Waals surface area (Å²) in [6.07, 6.45) is 2.09. The third-order valence-electron chi connectivity index (χ3n) is 1.62. The highest BCUT2D eigenvalue weighted by atomic mass is 32.2. The molecule has 0 aliphatic heterocycles. The molecule has 0 unspecified atom stereocenters. The molecule has 1 N–H and O–H groups in total. The van der Waals surface area contributed by atoms with Gasteiger partial charge in [0.2, 0.25) is 0 Å². The summed E-state index contributed by atoms with van der Waals surface area (Å²) < 4.78 is 1.37. The molecule has 0 amide bonds. The fourth-order valence-electron chi connectivity index (χ4n) is 1.14. The van der Waals surface area contributed by atoms with E-state index in [0.29, 0.717) is 0 Å². The van der Waals surface area contributed by atoms with Gasteiger partial charge in [0, 0.05) is 4.88 Å². The number of thioether (sulfide) groups is 1. The van der Waals surface area contributed by atoms with Crippen LogP contribution in [0.3, 0.4) is 0 Å². The molecule has 2 heterocycles. The van der Waals surface area contributed by atoms with E-state index in [1.54, 1.807) is 11.8 Å². The van der Waals surface area contributed by atoms with Gasteiger partial charge in [-0.05, 0) is 25.3 Å². The van der Waals surface area contributed by atoms with Crippen LogP contribution in [0.1, 0.15) is 4.88 Å². The van der Waals surface area contributed by atoms with Crippen molar-refractivity contribution in [3.63, 3.8) is 0 Å². The predicted molar refractivity (Wildman–Crippen MR) is 52.7 cm³/mol. The molecular formula is C8H9NS2. The standard InChI is InChI=1S/C8H9NS2/c1-5-3-6-7(11-5)4-8(9-6)10-2/h3-4,9H,1-2H3. The summed E-state index contributed by atoms with van der Waals surface area (Å²) in [5.74, 6) is 0. The summed E-state index contributed by atoms with van der Waals surface area (Å²) in [5, 5.41) is 1.26. The van der Waals surface area contributed by atoms with E-state index in [4.69, 9.17) is 0 Å². The molecule has 58 valence electrons. The average Bonchev–Trinajstić information content (AvgIpc) is 2.43. The highest BCUT2D eigenvalue weighted by molar-refractivity contribution is 7.98. The van der Waals surface area contributed by atoms with Gasteiger partial charge in [-0.15, -0.1) is 23.1 Å². The summed E-state index contributed by atoms with van der Waals surface area (Å²) in [7, 11) is 0. The lowest BCUT2D eigenvalue weighted by atomic mass is 10.4. The summed E-state index contributed by atoms with van der Waals surface area (Å²) in [5.41, 5.74) is 1.27. The molecule has 0 fully saturated rings. The number of H-pyrrole nitrogens is 1. The molecule has 0 atom stereocenters. The van der Waals surface area contributed by atoms with Crippen molar-refractivity contribution in [1.82, 2.24) is 4.98 Å². The molecule has 2 aromatic rings. The zero-order valence-electron chi connectivity index (χ0n) is 6.47. The van der Waals surface area contributed by atoms with Crippen LogP contribution in [-0.4, -0.2) is 11.2 Å². The van der Waals surface area contributed by atoms with Gasteiger partial charge in [0.1, 0.15) is 0 Å². The van der Waals surface area contributed by atoms with Crippen LogP contribution in [0.5, 0.6) is 0 Å². The van der Waals surface area contributed by atoms with Crippen LogP contribution in [0.4, 0.5) is 0 Å². The Morgan fingerprint density at radius 1 is 1.45 bits per heavy atom. The third kappa shape index (κ3) is 1.19. The number of aromatic amines is 1. The van der Waals surface area contributed by atoms with Crippen molar-refractivity contribution in [2.24, 2.45) is 0 Å². The minimum absolute atomic E-state index is 1.26. The van der Waals surface area contributed by atoms with Crippen molar-refractivity contribution < 1.29 is 0 Å². The van der Waals surface area contributed by atoms with Gasteiger partial charge < -0.3 is 4.98 Å². The Balaban J connectivity index is 2.64. The number of thiophene rings is 1. The van der Waals surface area contributed by atoms with Crippen LogP contribution >= 0.6 is 23.1 Å². The smallest absolute Gasteiger partial charge is 0.0738 e. The van der Waals surface area contributed by atoms with Gasteiger partial charge in [0.25, 0.3) is 0 Å². The Labute approximate surface area is 73.8 Å². The summed E-state index contributed by atoms with van der Waals surface area (Å²) in [6, 6.07) is 4.40. The number of hydrogen-bond acceptors (Lipinski definition) is 2. The molecule has 11 heavy (non-hydrogen) atoms. The molecule has 0 spiro atoms. The van der Waals surface area contributed by atoms with Crippen LogP contribution in [0.2, 0.25) is 0 Å². The van der Waals surface area contributed by atoms with E-state index in [2.05, 4.69) is 30.3 Å². The molecule has 2 aromatic heterocycles. The zero-order chi connectivity index (χ0) is 7.84. The third-order valence-corrected chi connectivity index (χ3v) is 3.28. The molecule has 0 radical (unpaired) electrons. The Bertz CT molecular complexity index is 341. The molecule has 0 saturated carbocycles. The van der Waals surface area contributed by atoms with Crippen molar-refractivity contribution in [2.75, 3.05) is 6.26 Å². The van der Waals surface area contributed by atoms with E-state index in [0.717, 1.165) is 0 Å². The predicted octanol–water partition coefficient (Wildman–Crippen LogP) is 3.26. The average molecular weight is 183 g/mol. The van der Waals surface area contributed by atoms with E-state index in [1.165, 1.54) is 20.1 Å². The Morgan fingerprint density at radius 2 is 2.27 bits per heavy atom. The first-order valence-electron chi connectivity index (χ1n) is 3.43. The maximum Gasteiger partial charge on any atom is 0.0738 e. The fourth-order valence-corrected chi connectivity index (χ4v) is 2.58. The molecule has 3 heteroatoms. The maximum absolute atomic E-state index is 3.34. The van der Waals surface area contributed by atoms with Crippen LogP contribution in [0.25, 0.3) is 10.2 Å². The lowest BCUT2D eigenvalue weighted by molar-refractivity contribution is 1.24. The second-order valence-corrected chi connectivity index (χ2v) is 4.61. The monoisotopic (exact) mass is 183 g/mol. The van der Waals surface area contributed by atoms with Gasteiger partial charge in [-0.25, -0.2) is 0 Å². The number of aryl methyl sites for hydroxylation is 1. The first-order chi connectivity index (χ1) is 5.29. The van der Waals surface area contributed by atoms with Gasteiger partial charge in [-0.2, -0.15) is 0 Å². The summed E-state index contributed by atoms with van der Waals surface area (Å²) >= 11 is 3.60. The van der Waals surface area contributed by atoms with Gasteiger partial charge >= 0.3 is 0 Å². The van der Waals surface area contributed by atoms with Gasteiger partial charge in [-0.1, -0.05) is 0 Å². The highest BCUT2D eigenvalue weighted by Crippen LogP contribution is 2.28. The maximum atomic E-state index is 3.34. The molecule has 0 aliphatic rings. The van der Waals surface area contributed by atoms with Crippen molar-refractivity contribution in [3.8, 4) is 0 Å². The first kappa shape index (κ1) is 7.25. The number of rotatable bonds is 1. The molecule has 0 aliphatic carbocycles. The lowest BCUT2D eigenvalue weighted by Crippen LogP contribution is -1.64. The van der Waals surface area contributed by atoms with Crippen molar-refractivity contribution >= 4 is 33.3 Å². The normalized spacial score (nSPS) is 11.1. The minimum atomic E-state index is 1.26. The van der Waals surface area contributed by atoms with E-state index in [1.807, 2.05) is 11.3 Å². The fraction of sp³-hybridized carbons (Fsp3) is 0.250. The summed E-state index contributed by atoms with van der Waals surface area (Å²) in [6.45, 7) is 2.14. The van der Waals surface area contributed by atoms with E-state index in [9.17, 15) is 0 Å². The molecule has 1 nitrogen and oxygen atoms in total. The molecule has 2 rings (SSSR count). The van der Waals surface area contributed by atoms with Crippen molar-refractivity contribution in [3.05, 3.63) is 17.0 Å². The summed E-state index contributed by atoms with van der Waals surface area (Å²) in [4.78, 5) is 4.71. The van der Waals surface area contributed by atoms with Crippen LogP contribution in [-0.2, 0) is 0 Å². The second-order valence-electron chi connectivity index (χ2n) is 2.47. The SMILES string of the molecule is CSc1cc2sc(C)cc2[nH]1. The Hall–Kier alpha value is -0.410. The Morgan fingerprint density at radius 3 is 2.91 bits per heavy atom. The lowest BCUT2D eigenvalue weighted by Gasteiger charge is -1.84. The highest BCUT2D eigenvalue weighted by Gasteiger charge is 2.01. The molecular weight excluding hydrogens is 174 g/mol. The van der Waals surface area contributed by atoms with Crippen LogP contribution in [0.15, 0.2) is 17.2 Å². The first-order valence-corrected chi connectivity index (χ1v) is 5.47. The van der Waals surface area contributed by atoms with Gasteiger partial charge in [0.05, 0.1) is 15.2 Å². The van der Waals surface area contributed by atoms with Crippen molar-refractivity contribution in [2.45, 2.75) is 11.9 Å². The quantitative estimate of drug-likeness (QED) is 0.671. The second kappa shape index (κ2) is 2.57. The number of fused-ring (bicyclic) bond motifs is 1. The number of nitrogens with one attached hydrogen (secondary N) is 1. The van der Waals surface area contributed by atoms with Gasteiger partial charge in [-0.3, -0.25) is 0 Å². The van der Waals surface area contributed by atoms with Gasteiger partial charge in [0.15, 0.2) is 0 Å². The van der Waals surface area contributed by atoms with E-state index >= 15 is 0 Å². The largest absolute Gasteiger partial charge is 0.349 e. The van der Waals surface area contributed by atoms with E-state index < -0.39 is 0 Å². The topological polar surface area (TPSA) is 15.8 Å². The number of hydrogen-bond donors (Lipinski definition) is 1. The molecule has 0 saturated heterocycles. The zero-order valence-corrected chi connectivity index (χ0v) is 8.10. The van der Waals surface area contributed by atoms with Crippen LogP contribution < -0.4 is 0 Å². The number of aromatic nitrogens is 1. The minimum Gasteiger partial charge on any atom is -0.349 e. The van der Waals surface area contributed by atoms with E-state index in [-0.39, 0.29) is 0 Å².